The third kappa shape index (κ3) is 7.26. The van der Waals surface area contributed by atoms with Crippen LogP contribution >= 0.6 is 7.26 Å². The van der Waals surface area contributed by atoms with Crippen LogP contribution in [-0.4, -0.2) is 18.5 Å². The molecule has 1 heteroatoms. The maximum atomic E-state index is 2.44. The van der Waals surface area contributed by atoms with Crippen molar-refractivity contribution in [1.29, 1.82) is 0 Å². The van der Waals surface area contributed by atoms with Crippen LogP contribution in [0.5, 0.6) is 0 Å². The molecule has 0 heterocycles. The van der Waals surface area contributed by atoms with E-state index in [9.17, 15) is 0 Å². The molecule has 24 heavy (non-hydrogen) atoms. The van der Waals surface area contributed by atoms with Crippen LogP contribution in [0, 0.1) is 0 Å². The van der Waals surface area contributed by atoms with E-state index in [2.05, 4.69) is 58.9 Å². The molecule has 0 aliphatic carbocycles. The lowest BCUT2D eigenvalue weighted by molar-refractivity contribution is 0.733. The Bertz CT molecular complexity index is 398. The lowest BCUT2D eigenvalue weighted by Crippen LogP contribution is -2.11. The normalized spacial score (nSPS) is 13.2. The van der Waals surface area contributed by atoms with E-state index in [1.807, 2.05) is 0 Å². The topological polar surface area (TPSA) is 0 Å². The van der Waals surface area contributed by atoms with E-state index in [1.165, 1.54) is 75.2 Å². The van der Waals surface area contributed by atoms with Gasteiger partial charge in [-0.3, -0.25) is 0 Å². The van der Waals surface area contributed by atoms with Crippen molar-refractivity contribution in [2.75, 3.05) is 18.5 Å². The quantitative estimate of drug-likeness (QED) is 0.315. The van der Waals surface area contributed by atoms with E-state index in [4.69, 9.17) is 0 Å². The summed E-state index contributed by atoms with van der Waals surface area (Å²) in [7, 11) is -0.813. The van der Waals surface area contributed by atoms with Gasteiger partial charge in [-0.25, -0.2) is 0 Å². The molecule has 1 aromatic carbocycles. The monoisotopic (exact) mass is 349 g/mol. The molecule has 0 aliphatic heterocycles. The fourth-order valence-corrected chi connectivity index (χ4v) is 8.72. The van der Waals surface area contributed by atoms with Crippen LogP contribution in [0.3, 0.4) is 0 Å². The Morgan fingerprint density at radius 2 is 1.21 bits per heavy atom. The molecule has 0 amide bonds. The van der Waals surface area contributed by atoms with Gasteiger partial charge in [-0.2, -0.15) is 0 Å². The minimum Gasteiger partial charge on any atom is -0.0652 e. The van der Waals surface area contributed by atoms with Crippen LogP contribution < -0.4 is 0 Å². The van der Waals surface area contributed by atoms with E-state index in [1.54, 1.807) is 5.56 Å². The molecule has 0 bridgehead atoms. The first-order valence-electron chi connectivity index (χ1n) is 10.5. The highest BCUT2D eigenvalue weighted by atomic mass is 31.2. The van der Waals surface area contributed by atoms with Gasteiger partial charge in [0.15, 0.2) is 0 Å². The van der Waals surface area contributed by atoms with Crippen molar-refractivity contribution in [2.45, 2.75) is 91.6 Å². The number of unbranched alkanes of at least 4 members (excludes halogenated alkanes) is 3. The largest absolute Gasteiger partial charge is 0.0842 e. The Morgan fingerprint density at radius 3 is 1.58 bits per heavy atom. The predicted octanol–water partition coefficient (Wildman–Crippen LogP) is 8.12. The van der Waals surface area contributed by atoms with Crippen LogP contribution in [0.4, 0.5) is 0 Å². The fraction of sp³-hybridized carbons (Fsp3) is 0.739. The summed E-state index contributed by atoms with van der Waals surface area (Å²) in [5, 5.41) is 0. The lowest BCUT2D eigenvalue weighted by atomic mass is 9.98. The summed E-state index contributed by atoms with van der Waals surface area (Å²) < 4.78 is 0. The van der Waals surface area contributed by atoms with Gasteiger partial charge in [0.1, 0.15) is 0 Å². The predicted molar refractivity (Wildman–Crippen MR) is 115 cm³/mol. The minimum absolute atomic E-state index is 0.693. The van der Waals surface area contributed by atoms with Crippen molar-refractivity contribution in [3.63, 3.8) is 0 Å². The second-order valence-corrected chi connectivity index (χ2v) is 12.1. The van der Waals surface area contributed by atoms with E-state index in [-0.39, 0.29) is 0 Å². The summed E-state index contributed by atoms with van der Waals surface area (Å²) >= 11 is 0. The van der Waals surface area contributed by atoms with Crippen molar-refractivity contribution >= 4 is 7.26 Å². The Morgan fingerprint density at radius 1 is 0.750 bits per heavy atom. The first-order chi connectivity index (χ1) is 11.6. The maximum Gasteiger partial charge on any atom is 0.0842 e. The summed E-state index contributed by atoms with van der Waals surface area (Å²) in [6, 6.07) is 9.69. The van der Waals surface area contributed by atoms with E-state index in [0.717, 1.165) is 0 Å². The third-order valence-electron chi connectivity index (χ3n) is 5.64. The SMILES string of the molecule is CCCC[P+](CCCC)(CCCC)Cc1ccc(C(C)CC)cc1. The van der Waals surface area contributed by atoms with E-state index in [0.29, 0.717) is 5.92 Å². The lowest BCUT2D eigenvalue weighted by Gasteiger charge is -2.28. The van der Waals surface area contributed by atoms with Crippen LogP contribution in [0.1, 0.15) is 96.6 Å². The van der Waals surface area contributed by atoms with Crippen molar-refractivity contribution in [1.82, 2.24) is 0 Å². The van der Waals surface area contributed by atoms with Gasteiger partial charge in [0.05, 0.1) is 24.6 Å². The van der Waals surface area contributed by atoms with Crippen molar-refractivity contribution < 1.29 is 0 Å². The van der Waals surface area contributed by atoms with Gasteiger partial charge in [-0.1, -0.05) is 78.1 Å². The summed E-state index contributed by atoms with van der Waals surface area (Å²) in [6.07, 6.45) is 15.6. The maximum absolute atomic E-state index is 2.44. The van der Waals surface area contributed by atoms with Gasteiger partial charge in [0.2, 0.25) is 0 Å². The van der Waals surface area contributed by atoms with Crippen LogP contribution in [0.15, 0.2) is 24.3 Å². The molecule has 1 atom stereocenters. The number of hydrogen-bond acceptors (Lipinski definition) is 0. The molecule has 0 aliphatic rings. The molecule has 1 rings (SSSR count). The molecule has 0 spiro atoms. The van der Waals surface area contributed by atoms with E-state index >= 15 is 0 Å². The minimum atomic E-state index is -0.813. The van der Waals surface area contributed by atoms with Gasteiger partial charge in [-0.15, -0.1) is 0 Å². The summed E-state index contributed by atoms with van der Waals surface area (Å²) in [5.74, 6) is 0.693. The Hall–Kier alpha value is -0.350. The molecule has 1 aromatic rings. The van der Waals surface area contributed by atoms with Crippen LogP contribution in [0.2, 0.25) is 0 Å². The molecule has 0 radical (unpaired) electrons. The molecule has 0 nitrogen and oxygen atoms in total. The first-order valence-corrected chi connectivity index (χ1v) is 13.1. The zero-order chi connectivity index (χ0) is 17.8. The Kier molecular flexibility index (Phi) is 10.9. The molecule has 0 N–H and O–H groups in total. The van der Waals surface area contributed by atoms with Gasteiger partial charge in [0.25, 0.3) is 0 Å². The van der Waals surface area contributed by atoms with E-state index < -0.39 is 7.26 Å². The molecule has 0 saturated carbocycles. The smallest absolute Gasteiger partial charge is 0.0652 e. The zero-order valence-electron chi connectivity index (χ0n) is 17.1. The van der Waals surface area contributed by atoms with Gasteiger partial charge in [-0.05, 0) is 42.7 Å². The van der Waals surface area contributed by atoms with Gasteiger partial charge < -0.3 is 0 Å². The second-order valence-electron chi connectivity index (χ2n) is 7.78. The molecular formula is C23H42P+. The van der Waals surface area contributed by atoms with Crippen molar-refractivity contribution in [3.8, 4) is 0 Å². The molecule has 1 unspecified atom stereocenters. The molecule has 0 aromatic heterocycles. The molecule has 138 valence electrons. The van der Waals surface area contributed by atoms with Gasteiger partial charge in [0, 0.05) is 7.26 Å². The third-order valence-corrected chi connectivity index (χ3v) is 10.5. The Balaban J connectivity index is 2.90. The average molecular weight is 350 g/mol. The highest BCUT2D eigenvalue weighted by Crippen LogP contribution is 2.63. The molecule has 0 fully saturated rings. The summed E-state index contributed by atoms with van der Waals surface area (Å²) in [6.45, 7) is 11.7. The highest BCUT2D eigenvalue weighted by molar-refractivity contribution is 7.75. The first kappa shape index (κ1) is 21.7. The average Bonchev–Trinajstić information content (AvgIpc) is 2.62. The Labute approximate surface area is 153 Å². The van der Waals surface area contributed by atoms with Crippen molar-refractivity contribution in [2.24, 2.45) is 0 Å². The van der Waals surface area contributed by atoms with Crippen molar-refractivity contribution in [3.05, 3.63) is 35.4 Å². The zero-order valence-corrected chi connectivity index (χ0v) is 18.0. The second kappa shape index (κ2) is 12.1. The molecular weight excluding hydrogens is 307 g/mol. The highest BCUT2D eigenvalue weighted by Gasteiger charge is 2.35. The fourth-order valence-electron chi connectivity index (χ4n) is 3.63. The van der Waals surface area contributed by atoms with Crippen LogP contribution in [-0.2, 0) is 6.16 Å². The summed E-state index contributed by atoms with van der Waals surface area (Å²) in [5.41, 5.74) is 3.12. The molecule has 0 saturated heterocycles. The van der Waals surface area contributed by atoms with Crippen LogP contribution in [0.25, 0.3) is 0 Å². The number of rotatable bonds is 13. The number of hydrogen-bond donors (Lipinski definition) is 0. The van der Waals surface area contributed by atoms with Gasteiger partial charge >= 0.3 is 0 Å². The number of benzene rings is 1. The summed E-state index contributed by atoms with van der Waals surface area (Å²) in [4.78, 5) is 0. The standard InChI is InChI=1S/C23H42P/c1-6-10-17-24(18-11-7-2,19-12-8-3)20-22-13-15-23(16-14-22)21(5)9-4/h13-16,21H,6-12,17-20H2,1-5H3/q+1.